The van der Waals surface area contributed by atoms with E-state index in [9.17, 15) is 26.7 Å². The fraction of sp³-hybridized carbons (Fsp3) is 0.107. The van der Waals surface area contributed by atoms with Gasteiger partial charge in [0.1, 0.15) is 23.1 Å². The van der Waals surface area contributed by atoms with Crippen LogP contribution in [0.3, 0.4) is 0 Å². The lowest BCUT2D eigenvalue weighted by atomic mass is 10.1. The van der Waals surface area contributed by atoms with Gasteiger partial charge in [-0.05, 0) is 48.4 Å². The Kier molecular flexibility index (Phi) is 7.26. The van der Waals surface area contributed by atoms with Crippen molar-refractivity contribution < 1.29 is 31.5 Å². The maximum atomic E-state index is 14.1. The molecule has 42 heavy (non-hydrogen) atoms. The van der Waals surface area contributed by atoms with Crippen LogP contribution in [0.2, 0.25) is 5.02 Å². The molecule has 0 saturated carbocycles. The molecule has 5 aromatic rings. The van der Waals surface area contributed by atoms with Crippen LogP contribution < -0.4 is 15.8 Å². The number of nitrogen functional groups attached to an aromatic ring is 1. The second-order valence-electron chi connectivity index (χ2n) is 9.02. The second-order valence-corrected chi connectivity index (χ2v) is 9.42. The summed E-state index contributed by atoms with van der Waals surface area (Å²) in [4.78, 5) is 13.2. The maximum absolute atomic E-state index is 14.1. The van der Waals surface area contributed by atoms with Crippen LogP contribution in [-0.4, -0.2) is 25.5 Å². The van der Waals surface area contributed by atoms with Gasteiger partial charge in [-0.15, -0.1) is 0 Å². The number of nitrogens with two attached hydrogens (primary N) is 1. The first kappa shape index (κ1) is 28.4. The monoisotopic (exact) mass is 600 g/mol. The molecule has 3 N–H and O–H groups in total. The zero-order valence-electron chi connectivity index (χ0n) is 21.6. The molecule has 214 valence electrons. The Morgan fingerprint density at radius 2 is 1.79 bits per heavy atom. The number of rotatable bonds is 4. The molecule has 5 rings (SSSR count). The van der Waals surface area contributed by atoms with Crippen molar-refractivity contribution >= 4 is 39.9 Å². The molecule has 0 radical (unpaired) electrons. The summed E-state index contributed by atoms with van der Waals surface area (Å²) in [6.07, 6.45) is -3.22. The average Bonchev–Trinajstić information content (AvgIpc) is 3.47. The molecule has 0 bridgehead atoms. The van der Waals surface area contributed by atoms with Crippen molar-refractivity contribution in [2.75, 3.05) is 11.1 Å². The summed E-state index contributed by atoms with van der Waals surface area (Å²) in [5, 5.41) is 11.0. The number of nitrogens with zero attached hydrogens (tertiary/aromatic N) is 4. The van der Waals surface area contributed by atoms with E-state index in [0.29, 0.717) is 23.3 Å². The van der Waals surface area contributed by atoms with Gasteiger partial charge in [0.25, 0.3) is 5.91 Å². The van der Waals surface area contributed by atoms with E-state index >= 15 is 0 Å². The number of halogens is 6. The van der Waals surface area contributed by atoms with Gasteiger partial charge < -0.3 is 15.8 Å². The summed E-state index contributed by atoms with van der Waals surface area (Å²) in [6.45, 7) is 0. The maximum Gasteiger partial charge on any atom is 0.416 e. The SMILES string of the molecule is Cn1ccc(C#Cc2cc(NC(=O)c3cc(F)cc(C(F)(F)F)c3)c(Oc3cc(F)ccc3Cl)c3c(N)nn(C)c23)n1. The highest BCUT2D eigenvalue weighted by molar-refractivity contribution is 6.32. The number of aromatic nitrogens is 4. The van der Waals surface area contributed by atoms with E-state index in [4.69, 9.17) is 22.1 Å². The molecule has 0 aliphatic rings. The lowest BCUT2D eigenvalue weighted by Crippen LogP contribution is -2.15. The predicted octanol–water partition coefficient (Wildman–Crippen LogP) is 6.28. The molecule has 2 aromatic heterocycles. The Labute approximate surface area is 239 Å². The fourth-order valence-electron chi connectivity index (χ4n) is 4.14. The van der Waals surface area contributed by atoms with Gasteiger partial charge in [0.15, 0.2) is 11.6 Å². The summed E-state index contributed by atoms with van der Waals surface area (Å²) in [6, 6.07) is 7.78. The van der Waals surface area contributed by atoms with Gasteiger partial charge in [-0.3, -0.25) is 14.2 Å². The van der Waals surface area contributed by atoms with E-state index in [-0.39, 0.29) is 45.0 Å². The number of nitrogens with one attached hydrogen (secondary N) is 1. The Bertz CT molecular complexity index is 1940. The van der Waals surface area contributed by atoms with Crippen molar-refractivity contribution in [2.24, 2.45) is 14.1 Å². The highest BCUT2D eigenvalue weighted by Gasteiger charge is 2.32. The Morgan fingerprint density at radius 1 is 1.02 bits per heavy atom. The number of hydrogen-bond acceptors (Lipinski definition) is 5. The van der Waals surface area contributed by atoms with Gasteiger partial charge >= 0.3 is 6.18 Å². The van der Waals surface area contributed by atoms with Crippen molar-refractivity contribution in [3.8, 4) is 23.3 Å². The molecule has 0 atom stereocenters. The molecule has 0 saturated heterocycles. The smallest absolute Gasteiger partial charge is 0.416 e. The number of fused-ring (bicyclic) bond motifs is 1. The minimum atomic E-state index is -4.91. The van der Waals surface area contributed by atoms with Crippen molar-refractivity contribution in [3.05, 3.63) is 93.8 Å². The third-order valence-corrected chi connectivity index (χ3v) is 6.28. The largest absolute Gasteiger partial charge is 0.453 e. The first-order valence-corrected chi connectivity index (χ1v) is 12.3. The van der Waals surface area contributed by atoms with Gasteiger partial charge in [-0.2, -0.15) is 23.4 Å². The van der Waals surface area contributed by atoms with Crippen LogP contribution in [0.1, 0.15) is 27.2 Å². The van der Waals surface area contributed by atoms with Crippen LogP contribution >= 0.6 is 11.6 Å². The first-order valence-electron chi connectivity index (χ1n) is 11.9. The number of benzene rings is 3. The Morgan fingerprint density at radius 3 is 2.48 bits per heavy atom. The Balaban J connectivity index is 1.71. The van der Waals surface area contributed by atoms with Gasteiger partial charge in [0.2, 0.25) is 0 Å². The number of alkyl halides is 3. The van der Waals surface area contributed by atoms with Gasteiger partial charge in [0, 0.05) is 31.9 Å². The minimum absolute atomic E-state index is 0.00302. The lowest BCUT2D eigenvalue weighted by Gasteiger charge is -2.16. The van der Waals surface area contributed by atoms with Crippen LogP contribution in [0.15, 0.2) is 54.7 Å². The number of amides is 1. The van der Waals surface area contributed by atoms with E-state index in [1.165, 1.54) is 16.8 Å². The van der Waals surface area contributed by atoms with Gasteiger partial charge in [-0.1, -0.05) is 17.5 Å². The molecule has 1 amide bonds. The number of ether oxygens (including phenoxy) is 1. The zero-order chi connectivity index (χ0) is 30.3. The average molecular weight is 601 g/mol. The standard InChI is InChI=1S/C28H18ClF5N6O2/c1-39-8-7-19(37-39)5-3-14-11-21(36-27(41)15-9-16(28(32,33)34)12-18(31)10-15)25(23-24(14)40(2)38-26(23)35)42-22-13-17(30)4-6-20(22)29/h4,6-13H,1-2H3,(H2,35,38)(H,36,41). The third kappa shape index (κ3) is 5.70. The van der Waals surface area contributed by atoms with E-state index in [0.717, 1.165) is 12.1 Å². The van der Waals surface area contributed by atoms with Crippen molar-refractivity contribution in [1.29, 1.82) is 0 Å². The van der Waals surface area contributed by atoms with E-state index in [1.807, 2.05) is 0 Å². The topological polar surface area (TPSA) is 100.0 Å². The molecule has 0 spiro atoms. The molecule has 0 aliphatic carbocycles. The second kappa shape index (κ2) is 10.7. The highest BCUT2D eigenvalue weighted by atomic mass is 35.5. The summed E-state index contributed by atoms with van der Waals surface area (Å²) in [7, 11) is 3.28. The third-order valence-electron chi connectivity index (χ3n) is 5.97. The molecule has 2 heterocycles. The van der Waals surface area contributed by atoms with Gasteiger partial charge in [0.05, 0.1) is 32.7 Å². The molecule has 14 heteroatoms. The van der Waals surface area contributed by atoms with Crippen LogP contribution in [0, 0.1) is 23.5 Å². The minimum Gasteiger partial charge on any atom is -0.453 e. The van der Waals surface area contributed by atoms with Gasteiger partial charge in [-0.25, -0.2) is 8.78 Å². The first-order chi connectivity index (χ1) is 19.8. The fourth-order valence-corrected chi connectivity index (χ4v) is 4.30. The molecule has 3 aromatic carbocycles. The zero-order valence-corrected chi connectivity index (χ0v) is 22.4. The van der Waals surface area contributed by atoms with E-state index < -0.39 is 34.8 Å². The summed E-state index contributed by atoms with van der Waals surface area (Å²) in [5.74, 6) is 2.35. The van der Waals surface area contributed by atoms with Crippen LogP contribution in [0.25, 0.3) is 10.9 Å². The number of carbonyl (C=O) groups is 1. The number of carbonyl (C=O) groups excluding carboxylic acids is 1. The summed E-state index contributed by atoms with van der Waals surface area (Å²) in [5.41, 5.74) is 5.11. The summed E-state index contributed by atoms with van der Waals surface area (Å²) < 4.78 is 77.0. The number of anilines is 2. The molecular weight excluding hydrogens is 583 g/mol. The quantitative estimate of drug-likeness (QED) is 0.187. The number of hydrogen-bond donors (Lipinski definition) is 2. The van der Waals surface area contributed by atoms with Crippen LogP contribution in [0.4, 0.5) is 33.5 Å². The van der Waals surface area contributed by atoms with E-state index in [1.54, 1.807) is 31.0 Å². The lowest BCUT2D eigenvalue weighted by molar-refractivity contribution is -0.137. The van der Waals surface area contributed by atoms with Crippen molar-refractivity contribution in [1.82, 2.24) is 19.6 Å². The molecule has 8 nitrogen and oxygen atoms in total. The molecule has 0 aliphatic heterocycles. The van der Waals surface area contributed by atoms with E-state index in [2.05, 4.69) is 27.4 Å². The summed E-state index contributed by atoms with van der Waals surface area (Å²) >= 11 is 6.21. The highest BCUT2D eigenvalue weighted by Crippen LogP contribution is 2.43. The molecular formula is C28H18ClF5N6O2. The van der Waals surface area contributed by atoms with Crippen molar-refractivity contribution in [2.45, 2.75) is 6.18 Å². The Hall–Kier alpha value is -5.09. The van der Waals surface area contributed by atoms with Crippen LogP contribution in [0.5, 0.6) is 11.5 Å². The normalized spacial score (nSPS) is 11.3. The van der Waals surface area contributed by atoms with Crippen molar-refractivity contribution in [3.63, 3.8) is 0 Å². The number of aryl methyl sites for hydroxylation is 2. The predicted molar refractivity (Wildman–Crippen MR) is 145 cm³/mol. The molecule has 0 unspecified atom stereocenters. The molecule has 0 fully saturated rings. The van der Waals surface area contributed by atoms with Crippen LogP contribution in [-0.2, 0) is 20.3 Å².